The van der Waals surface area contributed by atoms with E-state index in [4.69, 9.17) is 23.2 Å². The molecule has 1 aliphatic heterocycles. The predicted octanol–water partition coefficient (Wildman–Crippen LogP) is 3.38. The summed E-state index contributed by atoms with van der Waals surface area (Å²) in [5, 5.41) is 10.3. The number of pyridine rings is 1. The molecule has 25 heavy (non-hydrogen) atoms. The van der Waals surface area contributed by atoms with Gasteiger partial charge in [-0.2, -0.15) is 0 Å². The van der Waals surface area contributed by atoms with Crippen molar-refractivity contribution in [3.63, 3.8) is 0 Å². The number of piperazine rings is 1. The fraction of sp³-hybridized carbons (Fsp3) is 0.333. The molecule has 1 fully saturated rings. The second-order valence-corrected chi connectivity index (χ2v) is 6.81. The van der Waals surface area contributed by atoms with Gasteiger partial charge in [-0.05, 0) is 36.2 Å². The molecule has 0 atom stereocenters. The van der Waals surface area contributed by atoms with Gasteiger partial charge in [0.15, 0.2) is 0 Å². The van der Waals surface area contributed by atoms with Crippen LogP contribution in [0.3, 0.4) is 0 Å². The average molecular weight is 380 g/mol. The number of hydrogen-bond donors (Lipinski definition) is 1. The summed E-state index contributed by atoms with van der Waals surface area (Å²) in [7, 11) is 0. The standard InChI is InChI=1S/C18H19Cl2N3O2/c19-15-4-1-13(11-16(15)20)2-6-18(25)23-9-7-22(8-10-23)17-5-3-14(24)12-21-17/h1,3-5,11-12,24H,2,6-10H2. The number of anilines is 1. The van der Waals surface area contributed by atoms with E-state index in [2.05, 4.69) is 9.88 Å². The zero-order valence-electron chi connectivity index (χ0n) is 13.7. The maximum absolute atomic E-state index is 12.4. The fourth-order valence-electron chi connectivity index (χ4n) is 2.85. The predicted molar refractivity (Wildman–Crippen MR) is 99.5 cm³/mol. The van der Waals surface area contributed by atoms with E-state index in [9.17, 15) is 9.90 Å². The molecule has 5 nitrogen and oxygen atoms in total. The number of carbonyl (C=O) groups is 1. The highest BCUT2D eigenvalue weighted by Crippen LogP contribution is 2.23. The van der Waals surface area contributed by atoms with Crippen LogP contribution in [-0.2, 0) is 11.2 Å². The fourth-order valence-corrected chi connectivity index (χ4v) is 3.18. The molecule has 1 N–H and O–H groups in total. The summed E-state index contributed by atoms with van der Waals surface area (Å²) in [4.78, 5) is 20.6. The second-order valence-electron chi connectivity index (χ2n) is 5.99. The summed E-state index contributed by atoms with van der Waals surface area (Å²) in [6.07, 6.45) is 2.54. The molecule has 0 radical (unpaired) electrons. The number of hydrogen-bond acceptors (Lipinski definition) is 4. The number of aryl methyl sites for hydroxylation is 1. The molecule has 0 aliphatic carbocycles. The second kappa shape index (κ2) is 7.93. The molecule has 0 saturated carbocycles. The van der Waals surface area contributed by atoms with E-state index in [1.54, 1.807) is 18.2 Å². The first-order valence-electron chi connectivity index (χ1n) is 8.14. The molecule has 0 unspecified atom stereocenters. The first-order chi connectivity index (χ1) is 12.0. The Balaban J connectivity index is 1.49. The molecule has 0 bridgehead atoms. The minimum absolute atomic E-state index is 0.143. The van der Waals surface area contributed by atoms with Gasteiger partial charge in [0.05, 0.1) is 16.2 Å². The van der Waals surface area contributed by atoms with Crippen molar-refractivity contribution in [2.45, 2.75) is 12.8 Å². The number of amides is 1. The van der Waals surface area contributed by atoms with Gasteiger partial charge < -0.3 is 14.9 Å². The average Bonchev–Trinajstić information content (AvgIpc) is 2.63. The number of rotatable bonds is 4. The zero-order chi connectivity index (χ0) is 17.8. The Hall–Kier alpha value is -1.98. The summed E-state index contributed by atoms with van der Waals surface area (Å²) in [5.41, 5.74) is 1.01. The Morgan fingerprint density at radius 3 is 2.48 bits per heavy atom. The highest BCUT2D eigenvalue weighted by Gasteiger charge is 2.21. The van der Waals surface area contributed by atoms with Crippen molar-refractivity contribution in [3.8, 4) is 5.75 Å². The van der Waals surface area contributed by atoms with Crippen molar-refractivity contribution in [3.05, 3.63) is 52.1 Å². The normalized spacial score (nSPS) is 14.6. The third-order valence-electron chi connectivity index (χ3n) is 4.30. The molecule has 0 spiro atoms. The van der Waals surface area contributed by atoms with Crippen LogP contribution in [0.4, 0.5) is 5.82 Å². The lowest BCUT2D eigenvalue weighted by Crippen LogP contribution is -2.49. The van der Waals surface area contributed by atoms with Crippen LogP contribution < -0.4 is 4.90 Å². The Morgan fingerprint density at radius 1 is 1.08 bits per heavy atom. The Kier molecular flexibility index (Phi) is 5.66. The summed E-state index contributed by atoms with van der Waals surface area (Å²) in [6, 6.07) is 8.88. The molecule has 3 rings (SSSR count). The van der Waals surface area contributed by atoms with Gasteiger partial charge in [-0.15, -0.1) is 0 Å². The number of aromatic nitrogens is 1. The molecule has 7 heteroatoms. The van der Waals surface area contributed by atoms with Gasteiger partial charge in [-0.3, -0.25) is 4.79 Å². The Morgan fingerprint density at radius 2 is 1.84 bits per heavy atom. The third kappa shape index (κ3) is 4.55. The van der Waals surface area contributed by atoms with Crippen molar-refractivity contribution in [1.82, 2.24) is 9.88 Å². The first-order valence-corrected chi connectivity index (χ1v) is 8.90. The van der Waals surface area contributed by atoms with Crippen molar-refractivity contribution < 1.29 is 9.90 Å². The lowest BCUT2D eigenvalue weighted by molar-refractivity contribution is -0.131. The number of benzene rings is 1. The SMILES string of the molecule is O=C(CCc1ccc(Cl)c(Cl)c1)N1CCN(c2ccc(O)cn2)CC1. The molecule has 1 amide bonds. The number of halogens is 2. The van der Waals surface area contributed by atoms with E-state index in [0.717, 1.165) is 24.5 Å². The molecule has 1 aliphatic rings. The van der Waals surface area contributed by atoms with E-state index in [1.807, 2.05) is 17.0 Å². The molecular weight excluding hydrogens is 361 g/mol. The Bertz CT molecular complexity index is 744. The molecule has 1 saturated heterocycles. The van der Waals surface area contributed by atoms with Crippen LogP contribution in [0.25, 0.3) is 0 Å². The molecule has 1 aromatic heterocycles. The van der Waals surface area contributed by atoms with Crippen LogP contribution >= 0.6 is 23.2 Å². The highest BCUT2D eigenvalue weighted by atomic mass is 35.5. The van der Waals surface area contributed by atoms with E-state index < -0.39 is 0 Å². The van der Waals surface area contributed by atoms with Crippen LogP contribution in [-0.4, -0.2) is 47.1 Å². The maximum atomic E-state index is 12.4. The largest absolute Gasteiger partial charge is 0.506 e. The summed E-state index contributed by atoms with van der Waals surface area (Å²) < 4.78 is 0. The third-order valence-corrected chi connectivity index (χ3v) is 5.04. The van der Waals surface area contributed by atoms with Gasteiger partial charge in [-0.1, -0.05) is 29.3 Å². The molecule has 132 valence electrons. The molecular formula is C18H19Cl2N3O2. The summed E-state index contributed by atoms with van der Waals surface area (Å²) >= 11 is 11.9. The van der Waals surface area contributed by atoms with Crippen molar-refractivity contribution in [2.24, 2.45) is 0 Å². The first kappa shape index (κ1) is 17.8. The number of aromatic hydroxyl groups is 1. The summed E-state index contributed by atoms with van der Waals surface area (Å²) in [5.74, 6) is 1.12. The van der Waals surface area contributed by atoms with E-state index in [-0.39, 0.29) is 11.7 Å². The number of carbonyl (C=O) groups excluding carboxylic acids is 1. The van der Waals surface area contributed by atoms with Crippen molar-refractivity contribution >= 4 is 34.9 Å². The van der Waals surface area contributed by atoms with Crippen LogP contribution in [0, 0.1) is 0 Å². The quantitative estimate of drug-likeness (QED) is 0.884. The monoisotopic (exact) mass is 379 g/mol. The number of nitrogens with zero attached hydrogens (tertiary/aromatic N) is 3. The van der Waals surface area contributed by atoms with Gasteiger partial charge in [0.2, 0.25) is 5.91 Å². The van der Waals surface area contributed by atoms with E-state index in [0.29, 0.717) is 36.0 Å². The van der Waals surface area contributed by atoms with Gasteiger partial charge in [-0.25, -0.2) is 4.98 Å². The summed E-state index contributed by atoms with van der Waals surface area (Å²) in [6.45, 7) is 2.80. The van der Waals surface area contributed by atoms with Gasteiger partial charge in [0, 0.05) is 32.6 Å². The highest BCUT2D eigenvalue weighted by molar-refractivity contribution is 6.42. The zero-order valence-corrected chi connectivity index (χ0v) is 15.2. The minimum Gasteiger partial charge on any atom is -0.506 e. The van der Waals surface area contributed by atoms with Gasteiger partial charge >= 0.3 is 0 Å². The molecule has 2 heterocycles. The lowest BCUT2D eigenvalue weighted by atomic mass is 10.1. The lowest BCUT2D eigenvalue weighted by Gasteiger charge is -2.35. The van der Waals surface area contributed by atoms with Gasteiger partial charge in [0.1, 0.15) is 11.6 Å². The van der Waals surface area contributed by atoms with Crippen molar-refractivity contribution in [2.75, 3.05) is 31.1 Å². The maximum Gasteiger partial charge on any atom is 0.223 e. The van der Waals surface area contributed by atoms with Crippen LogP contribution in [0.5, 0.6) is 5.75 Å². The topological polar surface area (TPSA) is 56.7 Å². The molecule has 1 aromatic carbocycles. The van der Waals surface area contributed by atoms with Crippen LogP contribution in [0.1, 0.15) is 12.0 Å². The minimum atomic E-state index is 0.143. The van der Waals surface area contributed by atoms with Crippen molar-refractivity contribution in [1.29, 1.82) is 0 Å². The Labute approximate surface area is 156 Å². The van der Waals surface area contributed by atoms with E-state index in [1.165, 1.54) is 6.20 Å². The van der Waals surface area contributed by atoms with Crippen LogP contribution in [0.15, 0.2) is 36.5 Å². The van der Waals surface area contributed by atoms with Gasteiger partial charge in [0.25, 0.3) is 0 Å². The molecule has 2 aromatic rings. The van der Waals surface area contributed by atoms with E-state index >= 15 is 0 Å². The smallest absolute Gasteiger partial charge is 0.223 e. The van der Waals surface area contributed by atoms with Crippen LogP contribution in [0.2, 0.25) is 10.0 Å².